The summed E-state index contributed by atoms with van der Waals surface area (Å²) >= 11 is 12.5. The van der Waals surface area contributed by atoms with E-state index >= 15 is 0 Å². The fourth-order valence-electron chi connectivity index (χ4n) is 1.61. The van der Waals surface area contributed by atoms with Gasteiger partial charge in [-0.05, 0) is 31.9 Å². The van der Waals surface area contributed by atoms with Crippen molar-refractivity contribution in [3.8, 4) is 0 Å². The van der Waals surface area contributed by atoms with E-state index in [0.717, 1.165) is 0 Å². The minimum absolute atomic E-state index is 0.0349. The maximum atomic E-state index is 11.7. The van der Waals surface area contributed by atoms with Gasteiger partial charge in [0.1, 0.15) is 10.3 Å². The lowest BCUT2D eigenvalue weighted by Gasteiger charge is -2.19. The summed E-state index contributed by atoms with van der Waals surface area (Å²) < 4.78 is 1.21. The van der Waals surface area contributed by atoms with Gasteiger partial charge in [-0.1, -0.05) is 0 Å². The monoisotopic (exact) mass is 367 g/mol. The Labute approximate surface area is 114 Å². The van der Waals surface area contributed by atoms with Gasteiger partial charge in [-0.25, -0.2) is 4.98 Å². The summed E-state index contributed by atoms with van der Waals surface area (Å²) in [6.45, 7) is 0.460. The Hall–Kier alpha value is -0.330. The summed E-state index contributed by atoms with van der Waals surface area (Å²) in [5, 5.41) is -0.169. The Morgan fingerprint density at radius 1 is 1.56 bits per heavy atom. The van der Waals surface area contributed by atoms with Crippen LogP contribution < -0.4 is 10.6 Å². The van der Waals surface area contributed by atoms with Crippen LogP contribution in [0.3, 0.4) is 0 Å². The molecule has 0 saturated carbocycles. The van der Waals surface area contributed by atoms with E-state index in [1.54, 1.807) is 11.1 Å². The summed E-state index contributed by atoms with van der Waals surface area (Å²) in [7, 11) is 0. The maximum Gasteiger partial charge on any atom is 0.228 e. The Balaban J connectivity index is 2.48. The molecule has 0 aromatic carbocycles. The first-order valence-electron chi connectivity index (χ1n) is 4.54. The van der Waals surface area contributed by atoms with Crippen LogP contribution in [0.4, 0.5) is 11.4 Å². The van der Waals surface area contributed by atoms with Crippen LogP contribution in [0.5, 0.6) is 0 Å². The van der Waals surface area contributed by atoms with Gasteiger partial charge in [0.25, 0.3) is 0 Å². The number of nitrogens with zero attached hydrogens (tertiary/aromatic N) is 2. The Kier molecular flexibility index (Phi) is 3.42. The summed E-state index contributed by atoms with van der Waals surface area (Å²) in [6.07, 6.45) is 1.92. The minimum atomic E-state index is -0.169. The van der Waals surface area contributed by atoms with Crippen molar-refractivity contribution in [3.63, 3.8) is 0 Å². The van der Waals surface area contributed by atoms with Crippen molar-refractivity contribution in [2.24, 2.45) is 0 Å². The smallest absolute Gasteiger partial charge is 0.228 e. The largest absolute Gasteiger partial charge is 0.396 e. The third-order valence-corrected chi connectivity index (χ3v) is 3.85. The van der Waals surface area contributed by atoms with E-state index in [1.807, 2.05) is 0 Å². The molecule has 4 nitrogen and oxygen atoms in total. The molecule has 1 aliphatic rings. The van der Waals surface area contributed by atoms with Gasteiger partial charge in [-0.15, -0.1) is 11.6 Å². The molecule has 1 aromatic heterocycles. The van der Waals surface area contributed by atoms with Crippen LogP contribution in [0.1, 0.15) is 6.42 Å². The van der Waals surface area contributed by atoms with Gasteiger partial charge in [0.15, 0.2) is 0 Å². The molecule has 86 valence electrons. The molecule has 1 amide bonds. The second-order valence-corrected chi connectivity index (χ2v) is 5.69. The summed E-state index contributed by atoms with van der Waals surface area (Å²) in [5.41, 5.74) is 6.99. The molecule has 2 heterocycles. The van der Waals surface area contributed by atoms with E-state index in [4.69, 9.17) is 17.3 Å². The van der Waals surface area contributed by atoms with Gasteiger partial charge in [-0.3, -0.25) is 4.79 Å². The number of nitrogens with two attached hydrogens (primary N) is 1. The first kappa shape index (κ1) is 12.1. The maximum absolute atomic E-state index is 11.7. The Morgan fingerprint density at radius 2 is 2.25 bits per heavy atom. The van der Waals surface area contributed by atoms with Crippen LogP contribution in [0.25, 0.3) is 0 Å². The second-order valence-electron chi connectivity index (χ2n) is 3.46. The number of rotatable bonds is 1. The average molecular weight is 369 g/mol. The Bertz CT molecular complexity index is 455. The quantitative estimate of drug-likeness (QED) is 0.611. The summed E-state index contributed by atoms with van der Waals surface area (Å²) in [6, 6.07) is 0. The molecule has 0 radical (unpaired) electrons. The lowest BCUT2D eigenvalue weighted by molar-refractivity contribution is -0.117. The van der Waals surface area contributed by atoms with Crippen LogP contribution in [-0.4, -0.2) is 22.8 Å². The lowest BCUT2D eigenvalue weighted by atomic mass is 10.3. The van der Waals surface area contributed by atoms with Crippen molar-refractivity contribution in [3.05, 3.63) is 15.3 Å². The second kappa shape index (κ2) is 4.50. The number of hydrogen-bond acceptors (Lipinski definition) is 3. The lowest BCUT2D eigenvalue weighted by Crippen LogP contribution is -2.26. The normalized spacial score (nSPS) is 20.6. The number of hydrogen-bond donors (Lipinski definition) is 1. The molecule has 2 N–H and O–H groups in total. The van der Waals surface area contributed by atoms with Crippen LogP contribution in [0.15, 0.2) is 15.3 Å². The minimum Gasteiger partial charge on any atom is -0.396 e. The SMILES string of the molecule is Nc1c(Br)cnc(Br)c1N1CC(Cl)CC1=O. The van der Waals surface area contributed by atoms with Gasteiger partial charge in [0, 0.05) is 19.2 Å². The van der Waals surface area contributed by atoms with E-state index in [1.165, 1.54) is 0 Å². The number of amides is 1. The molecule has 16 heavy (non-hydrogen) atoms. The van der Waals surface area contributed by atoms with Gasteiger partial charge in [0.05, 0.1) is 15.5 Å². The summed E-state index contributed by atoms with van der Waals surface area (Å²) in [5.74, 6) is -0.0349. The third kappa shape index (κ3) is 2.06. The highest BCUT2D eigenvalue weighted by atomic mass is 79.9. The van der Waals surface area contributed by atoms with E-state index in [2.05, 4.69) is 36.8 Å². The molecule has 1 aromatic rings. The zero-order valence-electron chi connectivity index (χ0n) is 8.08. The number of pyridine rings is 1. The highest BCUT2D eigenvalue weighted by Crippen LogP contribution is 2.38. The molecule has 7 heteroatoms. The topological polar surface area (TPSA) is 59.2 Å². The van der Waals surface area contributed by atoms with Crippen LogP contribution >= 0.6 is 43.5 Å². The van der Waals surface area contributed by atoms with Gasteiger partial charge < -0.3 is 10.6 Å². The zero-order chi connectivity index (χ0) is 11.9. The average Bonchev–Trinajstić information content (AvgIpc) is 2.53. The molecule has 1 fully saturated rings. The molecule has 1 unspecified atom stereocenters. The van der Waals surface area contributed by atoms with E-state index < -0.39 is 0 Å². The molecule has 0 spiro atoms. The van der Waals surface area contributed by atoms with Crippen molar-refractivity contribution in [1.29, 1.82) is 0 Å². The fraction of sp³-hybridized carbons (Fsp3) is 0.333. The predicted molar refractivity (Wildman–Crippen MR) is 70.7 cm³/mol. The van der Waals surface area contributed by atoms with Crippen molar-refractivity contribution in [2.45, 2.75) is 11.8 Å². The molecular weight excluding hydrogens is 361 g/mol. The molecule has 1 aliphatic heterocycles. The van der Waals surface area contributed by atoms with Crippen molar-refractivity contribution in [2.75, 3.05) is 17.2 Å². The standard InChI is InChI=1S/C9H8Br2ClN3O/c10-5-2-14-9(11)8(7(5)13)15-3-4(12)1-6(15)16/h2,4H,1,3H2,(H2,13,14). The molecule has 0 aliphatic carbocycles. The van der Waals surface area contributed by atoms with E-state index in [9.17, 15) is 4.79 Å². The number of carbonyl (C=O) groups is 1. The van der Waals surface area contributed by atoms with Crippen molar-refractivity contribution >= 4 is 60.7 Å². The molecular formula is C9H8Br2ClN3O. The highest BCUT2D eigenvalue weighted by Gasteiger charge is 2.32. The van der Waals surface area contributed by atoms with Crippen molar-refractivity contribution < 1.29 is 4.79 Å². The highest BCUT2D eigenvalue weighted by molar-refractivity contribution is 9.11. The van der Waals surface area contributed by atoms with Gasteiger partial charge in [-0.2, -0.15) is 0 Å². The van der Waals surface area contributed by atoms with Crippen LogP contribution in [0, 0.1) is 0 Å². The van der Waals surface area contributed by atoms with Crippen LogP contribution in [0.2, 0.25) is 0 Å². The molecule has 1 saturated heterocycles. The zero-order valence-corrected chi connectivity index (χ0v) is 12.0. The van der Waals surface area contributed by atoms with E-state index in [0.29, 0.717) is 33.4 Å². The molecule has 2 rings (SSSR count). The van der Waals surface area contributed by atoms with Crippen molar-refractivity contribution in [1.82, 2.24) is 4.98 Å². The predicted octanol–water partition coefficient (Wildman–Crippen LogP) is 2.53. The molecule has 0 bridgehead atoms. The van der Waals surface area contributed by atoms with Crippen LogP contribution in [-0.2, 0) is 4.79 Å². The summed E-state index contributed by atoms with van der Waals surface area (Å²) in [4.78, 5) is 17.4. The Morgan fingerprint density at radius 3 is 2.81 bits per heavy atom. The van der Waals surface area contributed by atoms with E-state index in [-0.39, 0.29) is 11.3 Å². The first-order valence-corrected chi connectivity index (χ1v) is 6.57. The van der Waals surface area contributed by atoms with Gasteiger partial charge >= 0.3 is 0 Å². The molecule has 1 atom stereocenters. The number of halogens is 3. The number of alkyl halides is 1. The fourth-order valence-corrected chi connectivity index (χ4v) is 2.70. The number of carbonyl (C=O) groups excluding carboxylic acids is 1. The number of aromatic nitrogens is 1. The number of anilines is 2. The third-order valence-electron chi connectivity index (χ3n) is 2.35. The number of nitrogen functional groups attached to an aromatic ring is 1. The van der Waals surface area contributed by atoms with Gasteiger partial charge in [0.2, 0.25) is 5.91 Å². The first-order chi connectivity index (χ1) is 7.50.